The van der Waals surface area contributed by atoms with Crippen molar-refractivity contribution in [2.45, 2.75) is 52.0 Å². The highest BCUT2D eigenvalue weighted by Gasteiger charge is 2.07. The molecule has 0 aliphatic rings. The lowest BCUT2D eigenvalue weighted by atomic mass is 10.1. The summed E-state index contributed by atoms with van der Waals surface area (Å²) in [5.74, 6) is 0. The van der Waals surface area contributed by atoms with Crippen LogP contribution in [0.2, 0.25) is 5.02 Å². The minimum Gasteiger partial charge on any atom is -0.268 e. The second-order valence-corrected chi connectivity index (χ2v) is 6.41. The highest BCUT2D eigenvalue weighted by atomic mass is 35.5. The van der Waals surface area contributed by atoms with Gasteiger partial charge < -0.3 is 0 Å². The first kappa shape index (κ1) is 14.6. The van der Waals surface area contributed by atoms with Gasteiger partial charge in [-0.05, 0) is 24.6 Å². The number of fused-ring (bicyclic) bond motifs is 1. The molecule has 0 fully saturated rings. The number of hydrogen-bond acceptors (Lipinski definition) is 2. The lowest BCUT2D eigenvalue weighted by molar-refractivity contribution is 0.569. The number of benzene rings is 1. The zero-order valence-electron chi connectivity index (χ0n) is 11.3. The van der Waals surface area contributed by atoms with Crippen LogP contribution in [0.4, 0.5) is 0 Å². The molecule has 0 spiro atoms. The SMILES string of the molecule is CCCCCCCCn1sc2ccc(Cl)cc2c1=O. The van der Waals surface area contributed by atoms with E-state index >= 15 is 0 Å². The molecule has 4 heteroatoms. The van der Waals surface area contributed by atoms with Gasteiger partial charge in [-0.15, -0.1) is 0 Å². The highest BCUT2D eigenvalue weighted by Crippen LogP contribution is 2.21. The normalized spacial score (nSPS) is 11.3. The largest absolute Gasteiger partial charge is 0.268 e. The molecule has 2 nitrogen and oxygen atoms in total. The molecule has 0 saturated heterocycles. The average Bonchev–Trinajstić information content (AvgIpc) is 2.71. The first-order valence-corrected chi connectivity index (χ1v) is 8.17. The Balaban J connectivity index is 1.94. The molecule has 19 heavy (non-hydrogen) atoms. The van der Waals surface area contributed by atoms with Gasteiger partial charge in [0.15, 0.2) is 0 Å². The molecule has 0 amide bonds. The van der Waals surface area contributed by atoms with Gasteiger partial charge in [-0.2, -0.15) is 0 Å². The van der Waals surface area contributed by atoms with Crippen molar-refractivity contribution in [2.24, 2.45) is 0 Å². The van der Waals surface area contributed by atoms with Gasteiger partial charge in [0.25, 0.3) is 5.56 Å². The molecule has 0 aliphatic heterocycles. The van der Waals surface area contributed by atoms with Crippen molar-refractivity contribution in [3.05, 3.63) is 33.6 Å². The van der Waals surface area contributed by atoms with E-state index < -0.39 is 0 Å². The third-order valence-electron chi connectivity index (χ3n) is 3.32. The number of halogens is 1. The fourth-order valence-electron chi connectivity index (χ4n) is 2.23. The quantitative estimate of drug-likeness (QED) is 0.653. The van der Waals surface area contributed by atoms with Gasteiger partial charge in [0.05, 0.1) is 10.1 Å². The van der Waals surface area contributed by atoms with Gasteiger partial charge in [0.2, 0.25) is 0 Å². The summed E-state index contributed by atoms with van der Waals surface area (Å²) in [6.07, 6.45) is 7.48. The van der Waals surface area contributed by atoms with Crippen LogP contribution in [0.1, 0.15) is 45.4 Å². The van der Waals surface area contributed by atoms with Crippen LogP contribution < -0.4 is 5.56 Å². The van der Waals surface area contributed by atoms with Crippen LogP contribution >= 0.6 is 23.1 Å². The predicted octanol–water partition coefficient (Wildman–Crippen LogP) is 5.08. The van der Waals surface area contributed by atoms with E-state index in [2.05, 4.69) is 6.92 Å². The van der Waals surface area contributed by atoms with E-state index in [-0.39, 0.29) is 5.56 Å². The molecule has 2 rings (SSSR count). The maximum atomic E-state index is 12.2. The second-order valence-electron chi connectivity index (χ2n) is 4.91. The van der Waals surface area contributed by atoms with Crippen molar-refractivity contribution >= 4 is 33.2 Å². The van der Waals surface area contributed by atoms with Crippen LogP contribution in [0.25, 0.3) is 10.1 Å². The van der Waals surface area contributed by atoms with Crippen molar-refractivity contribution in [1.82, 2.24) is 3.96 Å². The molecule has 0 unspecified atom stereocenters. The zero-order chi connectivity index (χ0) is 13.7. The van der Waals surface area contributed by atoms with Gasteiger partial charge >= 0.3 is 0 Å². The molecular formula is C15H20ClNOS. The second kappa shape index (κ2) is 7.11. The summed E-state index contributed by atoms with van der Waals surface area (Å²) in [4.78, 5) is 12.2. The van der Waals surface area contributed by atoms with Gasteiger partial charge in [-0.25, -0.2) is 0 Å². The molecule has 1 aromatic carbocycles. The minimum atomic E-state index is 0.107. The molecule has 0 radical (unpaired) electrons. The Morgan fingerprint density at radius 2 is 1.89 bits per heavy atom. The minimum absolute atomic E-state index is 0.107. The average molecular weight is 298 g/mol. The van der Waals surface area contributed by atoms with E-state index in [1.165, 1.54) is 32.1 Å². The third-order valence-corrected chi connectivity index (χ3v) is 4.68. The molecule has 1 aromatic heterocycles. The number of aromatic nitrogens is 1. The van der Waals surface area contributed by atoms with Crippen LogP contribution in [-0.2, 0) is 6.54 Å². The lowest BCUT2D eigenvalue weighted by Crippen LogP contribution is -2.12. The Labute approximate surface area is 123 Å². The fourth-order valence-corrected chi connectivity index (χ4v) is 3.41. The maximum Gasteiger partial charge on any atom is 0.268 e. The molecule has 0 N–H and O–H groups in total. The maximum absolute atomic E-state index is 12.2. The Morgan fingerprint density at radius 3 is 2.68 bits per heavy atom. The molecule has 0 saturated carbocycles. The molecule has 2 aromatic rings. The monoisotopic (exact) mass is 297 g/mol. The molecular weight excluding hydrogens is 278 g/mol. The first-order chi connectivity index (χ1) is 9.22. The number of rotatable bonds is 7. The Hall–Kier alpha value is -0.800. The van der Waals surface area contributed by atoms with Crippen LogP contribution in [0.15, 0.2) is 23.0 Å². The predicted molar refractivity (Wildman–Crippen MR) is 84.5 cm³/mol. The number of aryl methyl sites for hydroxylation is 1. The number of hydrogen-bond donors (Lipinski definition) is 0. The summed E-state index contributed by atoms with van der Waals surface area (Å²) in [5.41, 5.74) is 0.107. The van der Waals surface area contributed by atoms with E-state index in [1.54, 1.807) is 17.6 Å². The van der Waals surface area contributed by atoms with E-state index in [0.29, 0.717) is 5.02 Å². The van der Waals surface area contributed by atoms with Gasteiger partial charge in [-0.3, -0.25) is 8.75 Å². The summed E-state index contributed by atoms with van der Waals surface area (Å²) < 4.78 is 2.89. The highest BCUT2D eigenvalue weighted by molar-refractivity contribution is 7.13. The molecule has 0 bridgehead atoms. The van der Waals surface area contributed by atoms with Crippen LogP contribution in [0.5, 0.6) is 0 Å². The fraction of sp³-hybridized carbons (Fsp3) is 0.533. The molecule has 104 valence electrons. The van der Waals surface area contributed by atoms with E-state index in [1.807, 2.05) is 16.1 Å². The zero-order valence-corrected chi connectivity index (χ0v) is 12.9. The van der Waals surface area contributed by atoms with Crippen LogP contribution in [0.3, 0.4) is 0 Å². The summed E-state index contributed by atoms with van der Waals surface area (Å²) in [6.45, 7) is 3.06. The summed E-state index contributed by atoms with van der Waals surface area (Å²) in [6, 6.07) is 5.55. The Kier molecular flexibility index (Phi) is 5.46. The van der Waals surface area contributed by atoms with Crippen molar-refractivity contribution < 1.29 is 0 Å². The van der Waals surface area contributed by atoms with Gasteiger partial charge in [0, 0.05) is 11.6 Å². The molecule has 0 aliphatic carbocycles. The summed E-state index contributed by atoms with van der Waals surface area (Å²) in [5, 5.41) is 1.39. The summed E-state index contributed by atoms with van der Waals surface area (Å²) >= 11 is 7.48. The first-order valence-electron chi connectivity index (χ1n) is 7.01. The molecule has 1 heterocycles. The summed E-state index contributed by atoms with van der Waals surface area (Å²) in [7, 11) is 0. The van der Waals surface area contributed by atoms with Crippen molar-refractivity contribution in [3.8, 4) is 0 Å². The topological polar surface area (TPSA) is 22.0 Å². The molecule has 0 atom stereocenters. The van der Waals surface area contributed by atoms with Gasteiger partial charge in [-0.1, -0.05) is 62.2 Å². The van der Waals surface area contributed by atoms with Crippen LogP contribution in [-0.4, -0.2) is 3.96 Å². The van der Waals surface area contributed by atoms with Crippen molar-refractivity contribution in [2.75, 3.05) is 0 Å². The van der Waals surface area contributed by atoms with Crippen LogP contribution in [0, 0.1) is 0 Å². The Morgan fingerprint density at radius 1 is 1.16 bits per heavy atom. The van der Waals surface area contributed by atoms with E-state index in [0.717, 1.165) is 23.1 Å². The van der Waals surface area contributed by atoms with Crippen molar-refractivity contribution in [3.63, 3.8) is 0 Å². The standard InChI is InChI=1S/C15H20ClNOS/c1-2-3-4-5-6-7-10-17-15(18)13-11-12(16)8-9-14(13)19-17/h8-9,11H,2-7,10H2,1H3. The third kappa shape index (κ3) is 3.83. The smallest absolute Gasteiger partial charge is 0.268 e. The lowest BCUT2D eigenvalue weighted by Gasteiger charge is -2.00. The van der Waals surface area contributed by atoms with Gasteiger partial charge in [0.1, 0.15) is 0 Å². The number of unbranched alkanes of at least 4 members (excludes halogenated alkanes) is 5. The van der Waals surface area contributed by atoms with Crippen molar-refractivity contribution in [1.29, 1.82) is 0 Å². The van der Waals surface area contributed by atoms with E-state index in [9.17, 15) is 4.79 Å². The number of nitrogens with zero attached hydrogens (tertiary/aromatic N) is 1. The van der Waals surface area contributed by atoms with E-state index in [4.69, 9.17) is 11.6 Å². The Bertz CT molecular complexity index is 587.